The van der Waals surface area contributed by atoms with Gasteiger partial charge in [-0.1, -0.05) is 26.0 Å². The lowest BCUT2D eigenvalue weighted by Gasteiger charge is -2.24. The lowest BCUT2D eigenvalue weighted by molar-refractivity contribution is 0.744. The molecule has 0 fully saturated rings. The molecule has 0 bridgehead atoms. The zero-order chi connectivity index (χ0) is 11.1. The highest BCUT2D eigenvalue weighted by atomic mass is 32.1. The number of hydrogen-bond acceptors (Lipinski definition) is 2. The standard InChI is InChI=1S/C13H21NS/c1-3-8-14(9-4-2)13-7-5-6-12(10-13)11-15/h5-7,10,15H,3-4,8-9,11H2,1-2H3. The van der Waals surface area contributed by atoms with Gasteiger partial charge in [0, 0.05) is 24.5 Å². The highest BCUT2D eigenvalue weighted by Crippen LogP contribution is 2.17. The van der Waals surface area contributed by atoms with Crippen LogP contribution in [0, 0.1) is 0 Å². The third-order valence-electron chi connectivity index (χ3n) is 2.45. The smallest absolute Gasteiger partial charge is 0.0369 e. The molecule has 2 heteroatoms. The van der Waals surface area contributed by atoms with Gasteiger partial charge in [0.15, 0.2) is 0 Å². The summed E-state index contributed by atoms with van der Waals surface area (Å²) >= 11 is 4.31. The van der Waals surface area contributed by atoms with Gasteiger partial charge in [-0.3, -0.25) is 0 Å². The van der Waals surface area contributed by atoms with Crippen LogP contribution in [0.2, 0.25) is 0 Å². The van der Waals surface area contributed by atoms with E-state index in [9.17, 15) is 0 Å². The van der Waals surface area contributed by atoms with E-state index in [-0.39, 0.29) is 0 Å². The maximum atomic E-state index is 4.31. The molecule has 15 heavy (non-hydrogen) atoms. The van der Waals surface area contributed by atoms with E-state index in [2.05, 4.69) is 55.6 Å². The molecule has 84 valence electrons. The molecule has 1 aromatic carbocycles. The monoisotopic (exact) mass is 223 g/mol. The lowest BCUT2D eigenvalue weighted by atomic mass is 10.2. The number of hydrogen-bond donors (Lipinski definition) is 1. The van der Waals surface area contributed by atoms with Crippen LogP contribution in [0.3, 0.4) is 0 Å². The molecule has 1 rings (SSSR count). The number of nitrogens with zero attached hydrogens (tertiary/aromatic N) is 1. The molecule has 0 saturated heterocycles. The average Bonchev–Trinajstić information content (AvgIpc) is 2.29. The first kappa shape index (κ1) is 12.4. The van der Waals surface area contributed by atoms with E-state index in [0.717, 1.165) is 18.8 Å². The molecule has 0 saturated carbocycles. The highest BCUT2D eigenvalue weighted by molar-refractivity contribution is 7.79. The summed E-state index contributed by atoms with van der Waals surface area (Å²) in [5.74, 6) is 0.819. The van der Waals surface area contributed by atoms with Crippen LogP contribution >= 0.6 is 12.6 Å². The molecular formula is C13H21NS. The van der Waals surface area contributed by atoms with E-state index in [4.69, 9.17) is 0 Å². The Bertz CT molecular complexity index is 280. The molecule has 0 N–H and O–H groups in total. The summed E-state index contributed by atoms with van der Waals surface area (Å²) in [6, 6.07) is 8.70. The molecule has 0 amide bonds. The molecule has 0 atom stereocenters. The number of rotatable bonds is 6. The third-order valence-corrected chi connectivity index (χ3v) is 2.81. The second-order valence-corrected chi connectivity index (χ2v) is 4.13. The maximum absolute atomic E-state index is 4.31. The van der Waals surface area contributed by atoms with E-state index in [1.807, 2.05) is 0 Å². The fourth-order valence-corrected chi connectivity index (χ4v) is 1.96. The van der Waals surface area contributed by atoms with Gasteiger partial charge in [-0.25, -0.2) is 0 Å². The van der Waals surface area contributed by atoms with Crippen molar-refractivity contribution in [2.45, 2.75) is 32.4 Å². The largest absolute Gasteiger partial charge is 0.372 e. The molecule has 0 aliphatic heterocycles. The Morgan fingerprint density at radius 1 is 1.13 bits per heavy atom. The molecule has 0 aromatic heterocycles. The molecule has 0 unspecified atom stereocenters. The minimum absolute atomic E-state index is 0.819. The summed E-state index contributed by atoms with van der Waals surface area (Å²) in [6.45, 7) is 6.74. The SMILES string of the molecule is CCCN(CCC)c1cccc(CS)c1. The van der Waals surface area contributed by atoms with Gasteiger partial charge in [0.25, 0.3) is 0 Å². The Balaban J connectivity index is 2.79. The van der Waals surface area contributed by atoms with Crippen molar-refractivity contribution in [2.24, 2.45) is 0 Å². The first-order valence-electron chi connectivity index (χ1n) is 5.76. The van der Waals surface area contributed by atoms with Crippen molar-refractivity contribution in [3.8, 4) is 0 Å². The van der Waals surface area contributed by atoms with Crippen molar-refractivity contribution in [3.63, 3.8) is 0 Å². The fraction of sp³-hybridized carbons (Fsp3) is 0.538. The van der Waals surface area contributed by atoms with Gasteiger partial charge in [-0.2, -0.15) is 12.6 Å². The number of anilines is 1. The lowest BCUT2D eigenvalue weighted by Crippen LogP contribution is -2.24. The van der Waals surface area contributed by atoms with Crippen LogP contribution in [0.25, 0.3) is 0 Å². The van der Waals surface area contributed by atoms with Gasteiger partial charge in [-0.15, -0.1) is 0 Å². The van der Waals surface area contributed by atoms with Gasteiger partial charge >= 0.3 is 0 Å². The summed E-state index contributed by atoms with van der Waals surface area (Å²) < 4.78 is 0. The number of benzene rings is 1. The normalized spacial score (nSPS) is 10.3. The van der Waals surface area contributed by atoms with Gasteiger partial charge < -0.3 is 4.90 Å². The first-order chi connectivity index (χ1) is 7.31. The first-order valence-corrected chi connectivity index (χ1v) is 6.39. The van der Waals surface area contributed by atoms with Crippen LogP contribution < -0.4 is 4.90 Å². The Hall–Kier alpha value is -0.630. The zero-order valence-corrected chi connectivity index (χ0v) is 10.6. The highest BCUT2D eigenvalue weighted by Gasteiger charge is 2.04. The quantitative estimate of drug-likeness (QED) is 0.719. The second kappa shape index (κ2) is 6.78. The van der Waals surface area contributed by atoms with Crippen LogP contribution in [0.4, 0.5) is 5.69 Å². The molecule has 0 radical (unpaired) electrons. The minimum Gasteiger partial charge on any atom is -0.372 e. The zero-order valence-electron chi connectivity index (χ0n) is 9.74. The Morgan fingerprint density at radius 2 is 1.80 bits per heavy atom. The summed E-state index contributed by atoms with van der Waals surface area (Å²) in [5, 5.41) is 0. The topological polar surface area (TPSA) is 3.24 Å². The van der Waals surface area contributed by atoms with E-state index < -0.39 is 0 Å². The van der Waals surface area contributed by atoms with Gasteiger partial charge in [0.2, 0.25) is 0 Å². The Labute approximate surface area is 98.9 Å². The molecule has 0 aliphatic carbocycles. The minimum atomic E-state index is 0.819. The van der Waals surface area contributed by atoms with E-state index in [1.54, 1.807) is 0 Å². The van der Waals surface area contributed by atoms with Crippen molar-refractivity contribution in [2.75, 3.05) is 18.0 Å². The molecule has 0 spiro atoms. The summed E-state index contributed by atoms with van der Waals surface area (Å²) in [5.41, 5.74) is 2.64. The predicted octanol–water partition coefficient (Wildman–Crippen LogP) is 3.74. The third kappa shape index (κ3) is 3.78. The molecule has 1 nitrogen and oxygen atoms in total. The Morgan fingerprint density at radius 3 is 2.33 bits per heavy atom. The van der Waals surface area contributed by atoms with E-state index in [1.165, 1.54) is 24.1 Å². The predicted molar refractivity (Wildman–Crippen MR) is 71.9 cm³/mol. The summed E-state index contributed by atoms with van der Waals surface area (Å²) in [4.78, 5) is 2.45. The molecular weight excluding hydrogens is 202 g/mol. The van der Waals surface area contributed by atoms with Gasteiger partial charge in [-0.05, 0) is 30.5 Å². The van der Waals surface area contributed by atoms with Crippen LogP contribution in [-0.4, -0.2) is 13.1 Å². The van der Waals surface area contributed by atoms with Crippen molar-refractivity contribution >= 4 is 18.3 Å². The summed E-state index contributed by atoms with van der Waals surface area (Å²) in [6.07, 6.45) is 2.40. The van der Waals surface area contributed by atoms with Crippen molar-refractivity contribution in [1.82, 2.24) is 0 Å². The number of thiol groups is 1. The van der Waals surface area contributed by atoms with Crippen LogP contribution in [0.15, 0.2) is 24.3 Å². The second-order valence-electron chi connectivity index (χ2n) is 3.82. The van der Waals surface area contributed by atoms with Crippen molar-refractivity contribution in [1.29, 1.82) is 0 Å². The molecule has 1 aromatic rings. The maximum Gasteiger partial charge on any atom is 0.0369 e. The van der Waals surface area contributed by atoms with E-state index in [0.29, 0.717) is 0 Å². The van der Waals surface area contributed by atoms with Crippen molar-refractivity contribution < 1.29 is 0 Å². The average molecular weight is 223 g/mol. The van der Waals surface area contributed by atoms with Gasteiger partial charge in [0.1, 0.15) is 0 Å². The molecule has 0 heterocycles. The van der Waals surface area contributed by atoms with Crippen molar-refractivity contribution in [3.05, 3.63) is 29.8 Å². The van der Waals surface area contributed by atoms with Gasteiger partial charge in [0.05, 0.1) is 0 Å². The van der Waals surface area contributed by atoms with E-state index >= 15 is 0 Å². The fourth-order valence-electron chi connectivity index (χ4n) is 1.76. The van der Waals surface area contributed by atoms with Crippen LogP contribution in [-0.2, 0) is 5.75 Å². The van der Waals surface area contributed by atoms with Crippen LogP contribution in [0.1, 0.15) is 32.3 Å². The summed E-state index contributed by atoms with van der Waals surface area (Å²) in [7, 11) is 0. The van der Waals surface area contributed by atoms with Crippen LogP contribution in [0.5, 0.6) is 0 Å². The molecule has 0 aliphatic rings. The Kier molecular flexibility index (Phi) is 5.62.